The minimum atomic E-state index is 0.562. The van der Waals surface area contributed by atoms with Crippen molar-refractivity contribution in [2.45, 2.75) is 19.5 Å². The van der Waals surface area contributed by atoms with Gasteiger partial charge in [0, 0.05) is 44.6 Å². The van der Waals surface area contributed by atoms with Crippen molar-refractivity contribution in [2.24, 2.45) is 0 Å². The number of hydrogen-bond acceptors (Lipinski definition) is 3. The van der Waals surface area contributed by atoms with Gasteiger partial charge in [0.05, 0.1) is 10.7 Å². The minimum absolute atomic E-state index is 0.562. The highest BCUT2D eigenvalue weighted by Crippen LogP contribution is 2.14. The van der Waals surface area contributed by atoms with Crippen molar-refractivity contribution in [3.05, 3.63) is 35.2 Å². The molecule has 0 aliphatic carbocycles. The van der Waals surface area contributed by atoms with E-state index in [9.17, 15) is 0 Å². The van der Waals surface area contributed by atoms with Gasteiger partial charge in [0.25, 0.3) is 0 Å². The Hall–Kier alpha value is -1.10. The Morgan fingerprint density at radius 2 is 2.33 bits per heavy atom. The molecular formula is C13H17ClN4. The first-order valence-electron chi connectivity index (χ1n) is 6.30. The Labute approximate surface area is 112 Å². The van der Waals surface area contributed by atoms with Gasteiger partial charge in [-0.05, 0) is 19.1 Å². The van der Waals surface area contributed by atoms with Crippen molar-refractivity contribution in [1.29, 1.82) is 0 Å². The third-order valence-corrected chi connectivity index (χ3v) is 3.69. The average Bonchev–Trinajstić information content (AvgIpc) is 2.73. The Morgan fingerprint density at radius 3 is 3.17 bits per heavy atom. The van der Waals surface area contributed by atoms with Crippen molar-refractivity contribution in [2.75, 3.05) is 19.6 Å². The smallest absolute Gasteiger partial charge is 0.137 e. The number of nitrogens with zero attached hydrogens (tertiary/aromatic N) is 3. The molecule has 0 amide bonds. The van der Waals surface area contributed by atoms with Crippen LogP contribution in [0.3, 0.4) is 0 Å². The van der Waals surface area contributed by atoms with Crippen LogP contribution in [0.25, 0.3) is 5.65 Å². The van der Waals surface area contributed by atoms with Gasteiger partial charge < -0.3 is 9.72 Å². The molecule has 0 bridgehead atoms. The quantitative estimate of drug-likeness (QED) is 0.898. The topological polar surface area (TPSA) is 32.6 Å². The van der Waals surface area contributed by atoms with Gasteiger partial charge in [0.15, 0.2) is 0 Å². The van der Waals surface area contributed by atoms with E-state index in [0.717, 1.165) is 42.5 Å². The lowest BCUT2D eigenvalue weighted by Gasteiger charge is -2.33. The van der Waals surface area contributed by atoms with Crippen LogP contribution in [0.4, 0.5) is 0 Å². The summed E-state index contributed by atoms with van der Waals surface area (Å²) in [5, 5.41) is 4.14. The molecule has 1 saturated heterocycles. The van der Waals surface area contributed by atoms with E-state index in [1.165, 1.54) is 0 Å². The van der Waals surface area contributed by atoms with Gasteiger partial charge in [0.1, 0.15) is 5.65 Å². The predicted octanol–water partition coefficient (Wildman–Crippen LogP) is 1.78. The molecule has 1 atom stereocenters. The highest BCUT2D eigenvalue weighted by molar-refractivity contribution is 6.30. The summed E-state index contributed by atoms with van der Waals surface area (Å²) in [5.74, 6) is 0. The van der Waals surface area contributed by atoms with E-state index in [0.29, 0.717) is 6.04 Å². The largest absolute Gasteiger partial charge is 0.314 e. The van der Waals surface area contributed by atoms with Crippen LogP contribution >= 0.6 is 11.6 Å². The van der Waals surface area contributed by atoms with Gasteiger partial charge in [-0.25, -0.2) is 4.98 Å². The van der Waals surface area contributed by atoms with Gasteiger partial charge in [-0.1, -0.05) is 11.6 Å². The van der Waals surface area contributed by atoms with Crippen LogP contribution in [-0.4, -0.2) is 40.0 Å². The van der Waals surface area contributed by atoms with Crippen LogP contribution < -0.4 is 5.32 Å². The number of nitrogens with one attached hydrogen (secondary N) is 1. The van der Waals surface area contributed by atoms with Crippen LogP contribution in [0.15, 0.2) is 24.5 Å². The van der Waals surface area contributed by atoms with Crippen LogP contribution in [0.1, 0.15) is 12.6 Å². The summed E-state index contributed by atoms with van der Waals surface area (Å²) in [6.07, 6.45) is 3.96. The van der Waals surface area contributed by atoms with E-state index in [-0.39, 0.29) is 0 Å². The maximum atomic E-state index is 5.98. The summed E-state index contributed by atoms with van der Waals surface area (Å²) in [7, 11) is 0. The molecule has 2 aromatic rings. The number of hydrogen-bond donors (Lipinski definition) is 1. The molecule has 4 nitrogen and oxygen atoms in total. The lowest BCUT2D eigenvalue weighted by Crippen LogP contribution is -2.49. The Kier molecular flexibility index (Phi) is 3.24. The zero-order chi connectivity index (χ0) is 12.5. The molecule has 1 aliphatic rings. The summed E-state index contributed by atoms with van der Waals surface area (Å²) in [4.78, 5) is 7.08. The van der Waals surface area contributed by atoms with E-state index in [1.807, 2.05) is 22.7 Å². The van der Waals surface area contributed by atoms with E-state index < -0.39 is 0 Å². The Morgan fingerprint density at radius 1 is 1.44 bits per heavy atom. The molecule has 1 unspecified atom stereocenters. The maximum absolute atomic E-state index is 5.98. The fraction of sp³-hybridized carbons (Fsp3) is 0.462. The van der Waals surface area contributed by atoms with E-state index >= 15 is 0 Å². The number of imidazole rings is 1. The predicted molar refractivity (Wildman–Crippen MR) is 72.9 cm³/mol. The van der Waals surface area contributed by atoms with Crippen LogP contribution in [0.2, 0.25) is 5.02 Å². The first-order valence-corrected chi connectivity index (χ1v) is 6.68. The van der Waals surface area contributed by atoms with Gasteiger partial charge in [-0.3, -0.25) is 4.90 Å². The molecule has 1 fully saturated rings. The van der Waals surface area contributed by atoms with Crippen molar-refractivity contribution in [3.8, 4) is 0 Å². The summed E-state index contributed by atoms with van der Waals surface area (Å²) >= 11 is 5.98. The Balaban J connectivity index is 1.81. The first-order chi connectivity index (χ1) is 8.72. The van der Waals surface area contributed by atoms with Crippen LogP contribution in [-0.2, 0) is 6.54 Å². The number of piperazine rings is 1. The lowest BCUT2D eigenvalue weighted by atomic mass is 10.2. The maximum Gasteiger partial charge on any atom is 0.137 e. The normalized spacial score (nSPS) is 21.6. The molecule has 3 heterocycles. The summed E-state index contributed by atoms with van der Waals surface area (Å²) in [5.41, 5.74) is 2.06. The highest BCUT2D eigenvalue weighted by Gasteiger charge is 2.18. The SMILES string of the molecule is CC1CNCCN1Cc1cn2cc(Cl)ccc2n1. The number of pyridine rings is 1. The van der Waals surface area contributed by atoms with Crippen molar-refractivity contribution >= 4 is 17.2 Å². The molecule has 18 heavy (non-hydrogen) atoms. The van der Waals surface area contributed by atoms with E-state index in [4.69, 9.17) is 11.6 Å². The van der Waals surface area contributed by atoms with Crippen molar-refractivity contribution in [3.63, 3.8) is 0 Å². The monoisotopic (exact) mass is 264 g/mol. The molecule has 0 aromatic carbocycles. The first kappa shape index (κ1) is 12.0. The second-order valence-electron chi connectivity index (χ2n) is 4.87. The molecule has 2 aromatic heterocycles. The molecule has 0 radical (unpaired) electrons. The van der Waals surface area contributed by atoms with E-state index in [1.54, 1.807) is 0 Å². The number of halogens is 1. The summed E-state index contributed by atoms with van der Waals surface area (Å²) in [6.45, 7) is 6.35. The number of aromatic nitrogens is 2. The second kappa shape index (κ2) is 4.88. The molecule has 0 saturated carbocycles. The fourth-order valence-corrected chi connectivity index (χ4v) is 2.59. The van der Waals surface area contributed by atoms with Gasteiger partial charge in [-0.15, -0.1) is 0 Å². The third-order valence-electron chi connectivity index (χ3n) is 3.47. The van der Waals surface area contributed by atoms with Gasteiger partial charge >= 0.3 is 0 Å². The van der Waals surface area contributed by atoms with E-state index in [2.05, 4.69) is 28.3 Å². The molecule has 1 aliphatic heterocycles. The minimum Gasteiger partial charge on any atom is -0.314 e. The Bertz CT molecular complexity index is 551. The zero-order valence-corrected chi connectivity index (χ0v) is 11.2. The summed E-state index contributed by atoms with van der Waals surface area (Å²) < 4.78 is 1.99. The fourth-order valence-electron chi connectivity index (χ4n) is 2.42. The van der Waals surface area contributed by atoms with Crippen molar-refractivity contribution < 1.29 is 0 Å². The van der Waals surface area contributed by atoms with Crippen LogP contribution in [0, 0.1) is 0 Å². The lowest BCUT2D eigenvalue weighted by molar-refractivity contribution is 0.164. The second-order valence-corrected chi connectivity index (χ2v) is 5.31. The molecule has 1 N–H and O–H groups in total. The van der Waals surface area contributed by atoms with Gasteiger partial charge in [0.2, 0.25) is 0 Å². The molecule has 96 valence electrons. The molecule has 5 heteroatoms. The number of rotatable bonds is 2. The standard InChI is InChI=1S/C13H17ClN4/c1-10-6-15-4-5-17(10)8-12-9-18-7-11(14)2-3-13(18)16-12/h2-3,7,9-10,15H,4-6,8H2,1H3. The highest BCUT2D eigenvalue weighted by atomic mass is 35.5. The average molecular weight is 265 g/mol. The van der Waals surface area contributed by atoms with Gasteiger partial charge in [-0.2, -0.15) is 0 Å². The zero-order valence-electron chi connectivity index (χ0n) is 10.4. The van der Waals surface area contributed by atoms with Crippen LogP contribution in [0.5, 0.6) is 0 Å². The molecular weight excluding hydrogens is 248 g/mol. The van der Waals surface area contributed by atoms with Crippen molar-refractivity contribution in [1.82, 2.24) is 19.6 Å². The molecule has 3 rings (SSSR count). The third kappa shape index (κ3) is 2.36. The summed E-state index contributed by atoms with van der Waals surface area (Å²) in [6, 6.07) is 4.39. The number of fused-ring (bicyclic) bond motifs is 1. The molecule has 0 spiro atoms.